The maximum Gasteiger partial charge on any atom is 0.244 e. The van der Waals surface area contributed by atoms with Crippen molar-refractivity contribution in [1.82, 2.24) is 0 Å². The van der Waals surface area contributed by atoms with Crippen LogP contribution in [0.2, 0.25) is 0 Å². The molecular weight excluding hydrogens is 232 g/mol. The molecule has 17 heavy (non-hydrogen) atoms. The summed E-state index contributed by atoms with van der Waals surface area (Å²) in [5, 5.41) is 11.9. The van der Waals surface area contributed by atoms with E-state index in [1.807, 2.05) is 30.5 Å². The molecule has 1 amide bonds. The zero-order chi connectivity index (χ0) is 12.3. The number of benzene rings is 1. The number of carbonyl (C=O) groups is 1. The van der Waals surface area contributed by atoms with E-state index in [-0.39, 0.29) is 5.91 Å². The summed E-state index contributed by atoms with van der Waals surface area (Å²) < 4.78 is 0. The van der Waals surface area contributed by atoms with Crippen molar-refractivity contribution in [3.63, 3.8) is 0 Å². The smallest absolute Gasteiger partial charge is 0.244 e. The van der Waals surface area contributed by atoms with Crippen molar-refractivity contribution < 1.29 is 4.79 Å². The average Bonchev–Trinajstić information content (AvgIpc) is 2.29. The number of thioether (sulfide) groups is 1. The van der Waals surface area contributed by atoms with E-state index in [0.717, 1.165) is 17.0 Å². The fraction of sp³-hybridized carbons (Fsp3) is 0.385. The summed E-state index contributed by atoms with van der Waals surface area (Å²) in [6.07, 6.45) is 4.33. The molecule has 1 aliphatic carbocycles. The lowest BCUT2D eigenvalue weighted by Gasteiger charge is -2.33. The third-order valence-corrected chi connectivity index (χ3v) is 3.95. The molecule has 1 aliphatic rings. The molecule has 3 nitrogen and oxygen atoms in total. The number of nitrogens with one attached hydrogen (secondary N) is 1. The van der Waals surface area contributed by atoms with Crippen LogP contribution in [0.15, 0.2) is 29.2 Å². The van der Waals surface area contributed by atoms with E-state index in [1.165, 1.54) is 0 Å². The number of hydrogen-bond acceptors (Lipinski definition) is 3. The molecule has 0 radical (unpaired) electrons. The molecule has 1 saturated carbocycles. The summed E-state index contributed by atoms with van der Waals surface area (Å²) in [7, 11) is 0. The third-order valence-electron chi connectivity index (χ3n) is 3.20. The van der Waals surface area contributed by atoms with E-state index in [1.54, 1.807) is 11.8 Å². The Bertz CT molecular complexity index is 457. The molecule has 0 bridgehead atoms. The number of hydrogen-bond donors (Lipinski definition) is 1. The Balaban J connectivity index is 2.05. The third kappa shape index (κ3) is 2.29. The molecule has 0 unspecified atom stereocenters. The Morgan fingerprint density at radius 2 is 2.06 bits per heavy atom. The molecule has 1 fully saturated rings. The Labute approximate surface area is 105 Å². The minimum absolute atomic E-state index is 0.164. The zero-order valence-electron chi connectivity index (χ0n) is 9.69. The van der Waals surface area contributed by atoms with Gasteiger partial charge in [-0.3, -0.25) is 4.79 Å². The van der Waals surface area contributed by atoms with E-state index < -0.39 is 5.41 Å². The van der Waals surface area contributed by atoms with Crippen LogP contribution in [0.25, 0.3) is 0 Å². The lowest BCUT2D eigenvalue weighted by Crippen LogP contribution is -2.40. The Morgan fingerprint density at radius 3 is 2.47 bits per heavy atom. The van der Waals surface area contributed by atoms with Gasteiger partial charge in [0.2, 0.25) is 5.91 Å². The SMILES string of the molecule is CSc1ccc(NC(=O)C2(C#N)CCC2)cc1. The molecule has 0 aromatic heterocycles. The van der Waals surface area contributed by atoms with Crippen LogP contribution in [0.1, 0.15) is 19.3 Å². The van der Waals surface area contributed by atoms with E-state index >= 15 is 0 Å². The van der Waals surface area contributed by atoms with Crippen molar-refractivity contribution >= 4 is 23.4 Å². The molecule has 1 aromatic carbocycles. The molecule has 1 aromatic rings. The predicted molar refractivity (Wildman–Crippen MR) is 68.7 cm³/mol. The standard InChI is InChI=1S/C13H14N2OS/c1-17-11-5-3-10(4-6-11)15-12(16)13(9-14)7-2-8-13/h3-6H,2,7-8H2,1H3,(H,15,16). The highest BCUT2D eigenvalue weighted by Crippen LogP contribution is 2.41. The second kappa shape index (κ2) is 4.80. The maximum atomic E-state index is 12.0. The van der Waals surface area contributed by atoms with Gasteiger partial charge < -0.3 is 5.32 Å². The zero-order valence-corrected chi connectivity index (χ0v) is 10.5. The fourth-order valence-electron chi connectivity index (χ4n) is 1.85. The molecule has 0 aliphatic heterocycles. The number of nitriles is 1. The Kier molecular flexibility index (Phi) is 3.39. The molecule has 4 heteroatoms. The summed E-state index contributed by atoms with van der Waals surface area (Å²) in [5.74, 6) is -0.164. The Morgan fingerprint density at radius 1 is 1.41 bits per heavy atom. The Hall–Kier alpha value is -1.47. The number of carbonyl (C=O) groups excluding carboxylic acids is 1. The van der Waals surface area contributed by atoms with Crippen LogP contribution < -0.4 is 5.32 Å². The number of amides is 1. The van der Waals surface area contributed by atoms with Crippen LogP contribution in [0.4, 0.5) is 5.69 Å². The summed E-state index contributed by atoms with van der Waals surface area (Å²) in [5.41, 5.74) is -0.0210. The van der Waals surface area contributed by atoms with Gasteiger partial charge in [0, 0.05) is 10.6 Å². The lowest BCUT2D eigenvalue weighted by atomic mass is 9.69. The maximum absolute atomic E-state index is 12.0. The molecule has 0 atom stereocenters. The summed E-state index contributed by atoms with van der Waals surface area (Å²) in [4.78, 5) is 13.1. The molecule has 88 valence electrons. The highest BCUT2D eigenvalue weighted by molar-refractivity contribution is 7.98. The van der Waals surface area contributed by atoms with Crippen molar-refractivity contribution in [3.8, 4) is 6.07 Å². The first-order valence-corrected chi connectivity index (χ1v) is 6.79. The minimum atomic E-state index is -0.780. The number of rotatable bonds is 3. The van der Waals surface area contributed by atoms with Gasteiger partial charge in [0.15, 0.2) is 0 Å². The van der Waals surface area contributed by atoms with Crippen LogP contribution >= 0.6 is 11.8 Å². The van der Waals surface area contributed by atoms with Gasteiger partial charge in [-0.1, -0.05) is 0 Å². The molecular formula is C13H14N2OS. The predicted octanol–water partition coefficient (Wildman–Crippen LogP) is 3.04. The van der Waals surface area contributed by atoms with Gasteiger partial charge in [0.25, 0.3) is 0 Å². The van der Waals surface area contributed by atoms with Gasteiger partial charge in [-0.05, 0) is 49.8 Å². The van der Waals surface area contributed by atoms with Crippen molar-refractivity contribution in [2.24, 2.45) is 5.41 Å². The lowest BCUT2D eigenvalue weighted by molar-refractivity contribution is -0.126. The van der Waals surface area contributed by atoms with Crippen molar-refractivity contribution in [2.45, 2.75) is 24.2 Å². The first-order valence-electron chi connectivity index (χ1n) is 5.57. The molecule has 0 saturated heterocycles. The molecule has 1 N–H and O–H groups in total. The van der Waals surface area contributed by atoms with Crippen LogP contribution in [0, 0.1) is 16.7 Å². The molecule has 0 heterocycles. The van der Waals surface area contributed by atoms with E-state index in [9.17, 15) is 4.79 Å². The van der Waals surface area contributed by atoms with E-state index in [2.05, 4.69) is 11.4 Å². The van der Waals surface area contributed by atoms with Gasteiger partial charge in [-0.25, -0.2) is 0 Å². The van der Waals surface area contributed by atoms with E-state index in [4.69, 9.17) is 5.26 Å². The van der Waals surface area contributed by atoms with Crippen LogP contribution in [-0.4, -0.2) is 12.2 Å². The minimum Gasteiger partial charge on any atom is -0.325 e. The van der Waals surface area contributed by atoms with Crippen LogP contribution in [-0.2, 0) is 4.79 Å². The topological polar surface area (TPSA) is 52.9 Å². The summed E-state index contributed by atoms with van der Waals surface area (Å²) in [6, 6.07) is 9.80. The quantitative estimate of drug-likeness (QED) is 0.834. The molecule has 0 spiro atoms. The number of anilines is 1. The van der Waals surface area contributed by atoms with E-state index in [0.29, 0.717) is 12.8 Å². The highest BCUT2D eigenvalue weighted by atomic mass is 32.2. The fourth-order valence-corrected chi connectivity index (χ4v) is 2.25. The number of nitrogens with zero attached hydrogens (tertiary/aromatic N) is 1. The summed E-state index contributed by atoms with van der Waals surface area (Å²) >= 11 is 1.66. The second-order valence-electron chi connectivity index (χ2n) is 4.23. The average molecular weight is 246 g/mol. The van der Waals surface area contributed by atoms with Gasteiger partial charge in [0.05, 0.1) is 6.07 Å². The first kappa shape index (κ1) is 12.0. The molecule has 2 rings (SSSR count). The van der Waals surface area contributed by atoms with Crippen molar-refractivity contribution in [2.75, 3.05) is 11.6 Å². The first-order chi connectivity index (χ1) is 8.20. The summed E-state index contributed by atoms with van der Waals surface area (Å²) in [6.45, 7) is 0. The van der Waals surface area contributed by atoms with Gasteiger partial charge in [-0.2, -0.15) is 5.26 Å². The van der Waals surface area contributed by atoms with Crippen LogP contribution in [0.3, 0.4) is 0 Å². The monoisotopic (exact) mass is 246 g/mol. The highest BCUT2D eigenvalue weighted by Gasteiger charge is 2.44. The van der Waals surface area contributed by atoms with Crippen molar-refractivity contribution in [1.29, 1.82) is 5.26 Å². The van der Waals surface area contributed by atoms with Gasteiger partial charge in [-0.15, -0.1) is 11.8 Å². The van der Waals surface area contributed by atoms with Gasteiger partial charge in [0.1, 0.15) is 5.41 Å². The second-order valence-corrected chi connectivity index (χ2v) is 5.11. The normalized spacial score (nSPS) is 16.7. The van der Waals surface area contributed by atoms with Crippen LogP contribution in [0.5, 0.6) is 0 Å². The largest absolute Gasteiger partial charge is 0.325 e. The van der Waals surface area contributed by atoms with Gasteiger partial charge >= 0.3 is 0 Å². The van der Waals surface area contributed by atoms with Crippen molar-refractivity contribution in [3.05, 3.63) is 24.3 Å².